The van der Waals surface area contributed by atoms with Gasteiger partial charge >= 0.3 is 33.2 Å². The van der Waals surface area contributed by atoms with Crippen molar-refractivity contribution < 1.29 is 44.7 Å². The largest absolute Gasteiger partial charge is 1.00 e. The summed E-state index contributed by atoms with van der Waals surface area (Å²) in [5, 5.41) is 0. The Bertz CT molecular complexity index is 155. The first-order valence-electron chi connectivity index (χ1n) is 6.18. The molecule has 0 nitrogen and oxygen atoms in total. The molecular weight excluding hydrogens is 325 g/mol. The number of halogens is 2. The normalized spacial score (nSPS) is 22.8. The zero-order valence-electron chi connectivity index (χ0n) is 11.6. The number of hydrogen-bond acceptors (Lipinski definition) is 0. The Morgan fingerprint density at radius 3 is 2.00 bits per heavy atom. The summed E-state index contributed by atoms with van der Waals surface area (Å²) < 4.78 is 0. The van der Waals surface area contributed by atoms with Crippen molar-refractivity contribution in [1.29, 1.82) is 0 Å². The summed E-state index contributed by atoms with van der Waals surface area (Å²) in [6, 6.07) is 0. The van der Waals surface area contributed by atoms with Crippen molar-refractivity contribution in [2.45, 2.75) is 58.0 Å². The summed E-state index contributed by atoms with van der Waals surface area (Å²) in [5.74, 6) is 0. The molecule has 1 rings (SSSR count). The van der Waals surface area contributed by atoms with Crippen molar-refractivity contribution in [3.63, 3.8) is 0 Å². The van der Waals surface area contributed by atoms with Crippen LogP contribution in [0.4, 0.5) is 0 Å². The Morgan fingerprint density at radius 2 is 1.65 bits per heavy atom. The van der Waals surface area contributed by atoms with Crippen LogP contribution in [0.1, 0.15) is 52.4 Å². The Morgan fingerprint density at radius 1 is 1.18 bits per heavy atom. The molecule has 0 bridgehead atoms. The van der Waals surface area contributed by atoms with Gasteiger partial charge in [0, 0.05) is 0 Å². The molecule has 0 spiro atoms. The maximum absolute atomic E-state index is 2.38. The first kappa shape index (κ1) is 24.2. The zero-order chi connectivity index (χ0) is 11.7. The average molecular weight is 352 g/mol. The standard InChI is InChI=1S/C11H23P.CH4P.2ClH.Ti/c1-4-11(5-2)8-6-7-10(9-11)12-3;1-2;;;/h10,12H,4-9H2,1-3H3;2H,1H3;2*1H;/q;-1;;;+3/p-2. The predicted octanol–water partition coefficient (Wildman–Crippen LogP) is -1.19. The number of hydrogen-bond donors (Lipinski definition) is 0. The van der Waals surface area contributed by atoms with Crippen LogP contribution < -0.4 is 24.8 Å². The second-order valence-electron chi connectivity index (χ2n) is 4.54. The SMILES string of the molecule is CCC1(CC)CCCC(PC)C1.C[PH][Ti+2].[Cl-].[Cl-]. The summed E-state index contributed by atoms with van der Waals surface area (Å²) in [5.41, 5.74) is 1.81. The van der Waals surface area contributed by atoms with Crippen molar-refractivity contribution in [2.24, 2.45) is 5.41 Å². The zero-order valence-corrected chi connectivity index (χ0v) is 16.6. The van der Waals surface area contributed by atoms with Crippen molar-refractivity contribution in [2.75, 3.05) is 13.3 Å². The second-order valence-corrected chi connectivity index (χ2v) is 8.78. The van der Waals surface area contributed by atoms with E-state index in [0.29, 0.717) is 0 Å². The van der Waals surface area contributed by atoms with Gasteiger partial charge in [0.1, 0.15) is 0 Å². The maximum Gasteiger partial charge on any atom is -1.00 e. The van der Waals surface area contributed by atoms with E-state index >= 15 is 0 Å². The maximum atomic E-state index is 2.38. The van der Waals surface area contributed by atoms with Crippen molar-refractivity contribution in [1.82, 2.24) is 0 Å². The molecule has 0 amide bonds. The van der Waals surface area contributed by atoms with Gasteiger partial charge in [-0.1, -0.05) is 33.1 Å². The van der Waals surface area contributed by atoms with Gasteiger partial charge in [0.05, 0.1) is 0 Å². The van der Waals surface area contributed by atoms with Crippen molar-refractivity contribution in [3.05, 3.63) is 0 Å². The third-order valence-corrected chi connectivity index (χ3v) is 5.16. The molecule has 1 aliphatic rings. The minimum Gasteiger partial charge on any atom is -1.00 e. The molecule has 1 aliphatic carbocycles. The minimum absolute atomic E-state index is 0. The van der Waals surface area contributed by atoms with Crippen molar-refractivity contribution in [3.8, 4) is 0 Å². The molecule has 103 valence electrons. The summed E-state index contributed by atoms with van der Waals surface area (Å²) in [4.78, 5) is 0. The summed E-state index contributed by atoms with van der Waals surface area (Å²) >= 11 is 2.15. The van der Waals surface area contributed by atoms with Crippen LogP contribution in [0.2, 0.25) is 0 Å². The summed E-state index contributed by atoms with van der Waals surface area (Å²) in [6.07, 6.45) is 8.84. The van der Waals surface area contributed by atoms with E-state index in [1.165, 1.54) is 47.1 Å². The van der Waals surface area contributed by atoms with Gasteiger partial charge in [0.15, 0.2) is 0 Å². The first-order chi connectivity index (χ1) is 7.17. The van der Waals surface area contributed by atoms with Gasteiger partial charge < -0.3 is 24.8 Å². The average Bonchev–Trinajstić information content (AvgIpc) is 2.30. The molecule has 0 aromatic carbocycles. The predicted molar refractivity (Wildman–Crippen MR) is 73.7 cm³/mol. The molecule has 17 heavy (non-hydrogen) atoms. The van der Waals surface area contributed by atoms with E-state index in [9.17, 15) is 0 Å². The van der Waals surface area contributed by atoms with Crippen LogP contribution in [0, 0.1) is 5.41 Å². The van der Waals surface area contributed by atoms with Gasteiger partial charge in [-0.3, -0.25) is 0 Å². The Kier molecular flexibility index (Phi) is 20.7. The van der Waals surface area contributed by atoms with Crippen LogP contribution in [-0.4, -0.2) is 19.0 Å². The molecule has 0 aromatic heterocycles. The van der Waals surface area contributed by atoms with Gasteiger partial charge in [0.25, 0.3) is 0 Å². The van der Waals surface area contributed by atoms with Gasteiger partial charge in [-0.05, 0) is 37.0 Å². The summed E-state index contributed by atoms with van der Waals surface area (Å²) in [6.45, 7) is 10.4. The first-order valence-corrected chi connectivity index (χ1v) is 11.6. The Hall–Kier alpha value is 2.15. The fourth-order valence-electron chi connectivity index (χ4n) is 2.59. The van der Waals surface area contributed by atoms with E-state index in [4.69, 9.17) is 0 Å². The molecule has 0 aromatic rings. The van der Waals surface area contributed by atoms with Gasteiger partial charge in [-0.15, -0.1) is 8.58 Å². The molecule has 0 heterocycles. The van der Waals surface area contributed by atoms with Gasteiger partial charge in [-0.2, -0.15) is 0 Å². The van der Waals surface area contributed by atoms with Gasteiger partial charge in [-0.25, -0.2) is 0 Å². The minimum atomic E-state index is 0. The van der Waals surface area contributed by atoms with E-state index < -0.39 is 0 Å². The molecule has 0 N–H and O–H groups in total. The Balaban J connectivity index is -0.000000356. The summed E-state index contributed by atoms with van der Waals surface area (Å²) in [7, 11) is 1.18. The molecule has 3 unspecified atom stereocenters. The van der Waals surface area contributed by atoms with E-state index in [1.54, 1.807) is 0 Å². The fraction of sp³-hybridized carbons (Fsp3) is 1.00. The van der Waals surface area contributed by atoms with Crippen LogP contribution in [-0.2, 0) is 19.9 Å². The topological polar surface area (TPSA) is 0 Å². The van der Waals surface area contributed by atoms with E-state index in [-0.39, 0.29) is 24.8 Å². The van der Waals surface area contributed by atoms with Crippen LogP contribution >= 0.6 is 15.2 Å². The molecule has 0 saturated heterocycles. The second kappa shape index (κ2) is 14.6. The van der Waals surface area contributed by atoms with Crippen LogP contribution in [0.15, 0.2) is 0 Å². The smallest absolute Gasteiger partial charge is 1.00 e. The fourth-order valence-corrected chi connectivity index (χ4v) is 3.72. The van der Waals surface area contributed by atoms with E-state index in [0.717, 1.165) is 17.6 Å². The van der Waals surface area contributed by atoms with E-state index in [1.807, 2.05) is 0 Å². The van der Waals surface area contributed by atoms with E-state index in [2.05, 4.69) is 47.1 Å². The number of rotatable bonds is 3. The van der Waals surface area contributed by atoms with Crippen molar-refractivity contribution >= 4 is 15.2 Å². The van der Waals surface area contributed by atoms with Crippen LogP contribution in [0.5, 0.6) is 0 Å². The molecule has 0 radical (unpaired) electrons. The molecule has 5 heteroatoms. The Labute approximate surface area is 136 Å². The quantitative estimate of drug-likeness (QED) is 0.443. The van der Waals surface area contributed by atoms with Gasteiger partial charge in [0.2, 0.25) is 0 Å². The molecular formula is C12H27Cl2P2Ti. The molecule has 1 saturated carbocycles. The third-order valence-electron chi connectivity index (χ3n) is 3.85. The van der Waals surface area contributed by atoms with Crippen LogP contribution in [0.3, 0.4) is 0 Å². The van der Waals surface area contributed by atoms with Crippen LogP contribution in [0.25, 0.3) is 0 Å². The third kappa shape index (κ3) is 9.65. The molecule has 3 atom stereocenters. The monoisotopic (exact) mass is 351 g/mol. The molecule has 1 fully saturated rings. The molecule has 0 aliphatic heterocycles.